The molecule has 45 heavy (non-hydrogen) atoms. The zero-order valence-corrected chi connectivity index (χ0v) is 28.2. The third-order valence-electron chi connectivity index (χ3n) is 8.69. The van der Waals surface area contributed by atoms with E-state index in [1.807, 2.05) is 44.7 Å². The average molecular weight is 729 g/mol. The van der Waals surface area contributed by atoms with Crippen LogP contribution in [0.5, 0.6) is 11.5 Å². The van der Waals surface area contributed by atoms with Crippen LogP contribution < -0.4 is 9.47 Å². The maximum atomic E-state index is 14.0. The van der Waals surface area contributed by atoms with Crippen molar-refractivity contribution in [3.8, 4) is 11.5 Å². The monoisotopic (exact) mass is 728 g/mol. The summed E-state index contributed by atoms with van der Waals surface area (Å²) in [6.07, 6.45) is 1.69. The summed E-state index contributed by atoms with van der Waals surface area (Å²) in [7, 11) is 1.53. The van der Waals surface area contributed by atoms with Crippen LogP contribution >= 0.6 is 22.6 Å². The molecule has 0 amide bonds. The number of non-ortho nitro benzene ring substituents is 1. The van der Waals surface area contributed by atoms with E-state index in [1.54, 1.807) is 12.1 Å². The number of hydrogen-bond acceptors (Lipinski definition) is 8. The van der Waals surface area contributed by atoms with Crippen molar-refractivity contribution in [3.05, 3.63) is 83.7 Å². The van der Waals surface area contributed by atoms with E-state index >= 15 is 0 Å². The van der Waals surface area contributed by atoms with Crippen molar-refractivity contribution in [2.75, 3.05) is 13.7 Å². The molecule has 1 N–H and O–H groups in total. The minimum Gasteiger partial charge on any atom is -0.493 e. The fourth-order valence-corrected chi connectivity index (χ4v) is 7.56. The van der Waals surface area contributed by atoms with E-state index in [-0.39, 0.29) is 47.7 Å². The van der Waals surface area contributed by atoms with Gasteiger partial charge in [0.05, 0.1) is 22.0 Å². The molecule has 0 aromatic heterocycles. The first kappa shape index (κ1) is 32.6. The number of benzene rings is 2. The number of rotatable bonds is 9. The minimum atomic E-state index is -0.937. The zero-order chi connectivity index (χ0) is 32.8. The van der Waals surface area contributed by atoms with Gasteiger partial charge in [-0.05, 0) is 81.7 Å². The second-order valence-electron chi connectivity index (χ2n) is 13.6. The number of carboxylic acids is 1. The molecule has 1 aliphatic heterocycles. The highest BCUT2D eigenvalue weighted by Crippen LogP contribution is 2.55. The molecule has 5 rings (SSSR count). The van der Waals surface area contributed by atoms with Gasteiger partial charge in [-0.2, -0.15) is 0 Å². The second-order valence-corrected chi connectivity index (χ2v) is 14.7. The van der Waals surface area contributed by atoms with Crippen molar-refractivity contribution in [1.82, 2.24) is 4.90 Å². The number of carbonyl (C=O) groups is 3. The average Bonchev–Trinajstić information content (AvgIpc) is 2.93. The van der Waals surface area contributed by atoms with E-state index in [2.05, 4.69) is 22.6 Å². The van der Waals surface area contributed by atoms with Gasteiger partial charge >= 0.3 is 5.97 Å². The van der Waals surface area contributed by atoms with Crippen molar-refractivity contribution in [3.63, 3.8) is 0 Å². The van der Waals surface area contributed by atoms with Gasteiger partial charge in [0, 0.05) is 60.0 Å². The number of nitrogens with zero attached hydrogens (tertiary/aromatic N) is 2. The van der Waals surface area contributed by atoms with E-state index < -0.39 is 16.8 Å². The highest BCUT2D eigenvalue weighted by atomic mass is 127. The topological polar surface area (TPSA) is 136 Å². The van der Waals surface area contributed by atoms with E-state index in [0.29, 0.717) is 51.9 Å². The lowest BCUT2D eigenvalue weighted by atomic mass is 9.63. The minimum absolute atomic E-state index is 0.00656. The number of carbonyl (C=O) groups excluding carboxylic acids is 2. The highest BCUT2D eigenvalue weighted by molar-refractivity contribution is 14.1. The summed E-state index contributed by atoms with van der Waals surface area (Å²) < 4.78 is 12.6. The number of nitro benzene ring substituents is 1. The molecule has 2 aromatic rings. The lowest BCUT2D eigenvalue weighted by molar-refractivity contribution is -0.384. The molecule has 0 saturated heterocycles. The van der Waals surface area contributed by atoms with Crippen molar-refractivity contribution < 1.29 is 33.9 Å². The van der Waals surface area contributed by atoms with Gasteiger partial charge < -0.3 is 19.5 Å². The lowest BCUT2D eigenvalue weighted by Gasteiger charge is -2.49. The summed E-state index contributed by atoms with van der Waals surface area (Å²) in [5, 5.41) is 20.6. The maximum absolute atomic E-state index is 14.0. The van der Waals surface area contributed by atoms with Crippen LogP contribution in [0.25, 0.3) is 0 Å². The molecule has 0 bridgehead atoms. The zero-order valence-electron chi connectivity index (χ0n) is 26.1. The quantitative estimate of drug-likeness (QED) is 0.165. The molecule has 0 saturated carbocycles. The SMILES string of the molecule is COc1cc(C2C3=C(CC(C)(C)CC3=O)N(CCC(=O)O)C3=C2C(=O)CC(C)(C)C3)cc(I)c1OCc1ccc([N+](=O)[O-])cc1. The number of nitro groups is 1. The number of methoxy groups -OCH3 is 1. The van der Waals surface area contributed by atoms with Crippen LogP contribution in [-0.2, 0) is 21.0 Å². The highest BCUT2D eigenvalue weighted by Gasteiger charge is 2.49. The second kappa shape index (κ2) is 12.2. The third-order valence-corrected chi connectivity index (χ3v) is 9.49. The fourth-order valence-electron chi connectivity index (χ4n) is 6.77. The van der Waals surface area contributed by atoms with Gasteiger partial charge in [-0.15, -0.1) is 0 Å². The molecule has 0 unspecified atom stereocenters. The van der Waals surface area contributed by atoms with Gasteiger partial charge in [-0.25, -0.2) is 0 Å². The Labute approximate surface area is 275 Å². The molecular weight excluding hydrogens is 691 g/mol. The summed E-state index contributed by atoms with van der Waals surface area (Å²) in [6, 6.07) is 9.86. The number of ether oxygens (including phenoxy) is 2. The van der Waals surface area contributed by atoms with Crippen LogP contribution in [0.1, 0.15) is 76.8 Å². The molecule has 2 aromatic carbocycles. The molecule has 0 fully saturated rings. The summed E-state index contributed by atoms with van der Waals surface area (Å²) in [4.78, 5) is 52.3. The first-order valence-electron chi connectivity index (χ1n) is 14.9. The van der Waals surface area contributed by atoms with Crippen LogP contribution in [0.4, 0.5) is 5.69 Å². The smallest absolute Gasteiger partial charge is 0.305 e. The van der Waals surface area contributed by atoms with Crippen LogP contribution in [0.2, 0.25) is 0 Å². The molecule has 0 atom stereocenters. The summed E-state index contributed by atoms with van der Waals surface area (Å²) >= 11 is 2.16. The van der Waals surface area contributed by atoms with Gasteiger partial charge in [0.2, 0.25) is 0 Å². The van der Waals surface area contributed by atoms with Crippen LogP contribution in [-0.4, -0.2) is 46.1 Å². The molecule has 2 aliphatic carbocycles. The number of aliphatic carboxylic acids is 1. The molecular formula is C34H37IN2O8. The van der Waals surface area contributed by atoms with Crippen LogP contribution in [0, 0.1) is 24.5 Å². The van der Waals surface area contributed by atoms with E-state index in [4.69, 9.17) is 9.47 Å². The number of ketones is 2. The van der Waals surface area contributed by atoms with Gasteiger partial charge in [0.1, 0.15) is 6.61 Å². The molecule has 0 spiro atoms. The van der Waals surface area contributed by atoms with E-state index in [1.165, 1.54) is 19.2 Å². The number of allylic oxidation sites excluding steroid dienone is 4. The Kier molecular flexibility index (Phi) is 8.87. The van der Waals surface area contributed by atoms with Crippen molar-refractivity contribution in [2.24, 2.45) is 10.8 Å². The predicted octanol–water partition coefficient (Wildman–Crippen LogP) is 6.95. The Morgan fingerprint density at radius 2 is 1.56 bits per heavy atom. The van der Waals surface area contributed by atoms with Crippen molar-refractivity contribution in [2.45, 2.75) is 72.3 Å². The molecule has 11 heteroatoms. The van der Waals surface area contributed by atoms with Crippen LogP contribution in [0.3, 0.4) is 0 Å². The Morgan fingerprint density at radius 3 is 2.04 bits per heavy atom. The normalized spacial score (nSPS) is 19.3. The standard InChI is InChI=1S/C34H37IN2O8/c1-33(2)14-23-30(25(38)16-33)29(31-24(36(23)11-10-28(40)41)15-34(3,4)17-26(31)39)20-12-22(35)32(27(13-20)44-5)45-18-19-6-8-21(9-7-19)37(42)43/h6-9,12-13,29H,10-11,14-18H2,1-5H3,(H,40,41). The van der Waals surface area contributed by atoms with Crippen molar-refractivity contribution in [1.29, 1.82) is 0 Å². The molecule has 0 radical (unpaired) electrons. The van der Waals surface area contributed by atoms with Crippen molar-refractivity contribution >= 4 is 45.8 Å². The lowest BCUT2D eigenvalue weighted by Crippen LogP contribution is -2.45. The van der Waals surface area contributed by atoms with Gasteiger partial charge in [-0.1, -0.05) is 27.7 Å². The Morgan fingerprint density at radius 1 is 1.00 bits per heavy atom. The number of carboxylic acid groups (broad SMARTS) is 1. The third kappa shape index (κ3) is 6.63. The number of Topliss-reactive ketones (excluding diaryl/α,β-unsaturated/α-hetero) is 2. The molecule has 1 heterocycles. The Hall–Kier alpha value is -3.74. The predicted molar refractivity (Wildman–Crippen MR) is 175 cm³/mol. The van der Waals surface area contributed by atoms with E-state index in [9.17, 15) is 29.6 Å². The summed E-state index contributed by atoms with van der Waals surface area (Å²) in [5.74, 6) is -0.716. The molecule has 238 valence electrons. The van der Waals surface area contributed by atoms with Gasteiger partial charge in [0.15, 0.2) is 23.1 Å². The maximum Gasteiger partial charge on any atom is 0.305 e. The molecule has 3 aliphatic rings. The van der Waals surface area contributed by atoms with Gasteiger partial charge in [-0.3, -0.25) is 24.5 Å². The largest absolute Gasteiger partial charge is 0.493 e. The Balaban J connectivity index is 1.62. The summed E-state index contributed by atoms with van der Waals surface area (Å²) in [5.41, 5.74) is 3.55. The fraction of sp³-hybridized carbons (Fsp3) is 0.441. The number of hydrogen-bond donors (Lipinski definition) is 1. The van der Waals surface area contributed by atoms with E-state index in [0.717, 1.165) is 22.5 Å². The first-order valence-corrected chi connectivity index (χ1v) is 15.9. The first-order chi connectivity index (χ1) is 21.1. The van der Waals surface area contributed by atoms with Crippen LogP contribution in [0.15, 0.2) is 58.9 Å². The summed E-state index contributed by atoms with van der Waals surface area (Å²) in [6.45, 7) is 8.51. The number of halogens is 1. The Bertz CT molecular complexity index is 1600. The molecule has 10 nitrogen and oxygen atoms in total. The van der Waals surface area contributed by atoms with Gasteiger partial charge in [0.25, 0.3) is 5.69 Å².